The lowest BCUT2D eigenvalue weighted by Crippen LogP contribution is -2.31. The van der Waals surface area contributed by atoms with Crippen molar-refractivity contribution in [1.82, 2.24) is 5.32 Å². The molecule has 1 N–H and O–H groups in total. The summed E-state index contributed by atoms with van der Waals surface area (Å²) < 4.78 is 5.64. The van der Waals surface area contributed by atoms with E-state index in [2.05, 4.69) is 5.32 Å². The summed E-state index contributed by atoms with van der Waals surface area (Å²) >= 11 is 0. The lowest BCUT2D eigenvalue weighted by Gasteiger charge is -2.21. The van der Waals surface area contributed by atoms with Crippen LogP contribution in [0, 0.1) is 0 Å². The van der Waals surface area contributed by atoms with E-state index >= 15 is 0 Å². The molecule has 2 amide bonds. The van der Waals surface area contributed by atoms with Crippen molar-refractivity contribution < 1.29 is 14.3 Å². The van der Waals surface area contributed by atoms with E-state index in [-0.39, 0.29) is 11.8 Å². The summed E-state index contributed by atoms with van der Waals surface area (Å²) in [6.07, 6.45) is 1.64. The molecular formula is C26H28N2O3. The predicted molar refractivity (Wildman–Crippen MR) is 124 cm³/mol. The molecule has 0 aliphatic rings. The molecule has 0 bridgehead atoms. The number of ether oxygens (including phenoxy) is 1. The number of nitrogens with one attached hydrogen (secondary N) is 1. The molecule has 0 spiro atoms. The number of rotatable bonds is 9. The molecule has 0 atom stereocenters. The molecule has 0 aromatic heterocycles. The van der Waals surface area contributed by atoms with Crippen molar-refractivity contribution in [3.05, 3.63) is 95.6 Å². The van der Waals surface area contributed by atoms with Crippen molar-refractivity contribution in [2.45, 2.75) is 19.8 Å². The van der Waals surface area contributed by atoms with E-state index in [4.69, 9.17) is 4.74 Å². The number of para-hydroxylation sites is 1. The second-order valence-electron chi connectivity index (χ2n) is 7.25. The van der Waals surface area contributed by atoms with Crippen molar-refractivity contribution >= 4 is 17.5 Å². The Bertz CT molecular complexity index is 1020. The zero-order valence-electron chi connectivity index (χ0n) is 18.0. The van der Waals surface area contributed by atoms with Gasteiger partial charge >= 0.3 is 0 Å². The number of carbonyl (C=O) groups excluding carboxylic acids is 2. The Hall–Kier alpha value is -3.60. The number of amides is 2. The first kappa shape index (κ1) is 22.1. The molecule has 0 radical (unpaired) electrons. The van der Waals surface area contributed by atoms with E-state index in [1.165, 1.54) is 4.90 Å². The maximum absolute atomic E-state index is 13.1. The molecule has 5 heteroatoms. The van der Waals surface area contributed by atoms with Crippen molar-refractivity contribution in [1.29, 1.82) is 0 Å². The van der Waals surface area contributed by atoms with Gasteiger partial charge in [-0.3, -0.25) is 9.59 Å². The Labute approximate surface area is 183 Å². The molecule has 0 aliphatic heterocycles. The van der Waals surface area contributed by atoms with Gasteiger partial charge in [0.2, 0.25) is 0 Å². The van der Waals surface area contributed by atoms with E-state index in [1.807, 2.05) is 49.4 Å². The Morgan fingerprint density at radius 2 is 1.68 bits per heavy atom. The van der Waals surface area contributed by atoms with Crippen LogP contribution in [0.5, 0.6) is 5.75 Å². The average molecular weight is 417 g/mol. The fraction of sp³-hybridized carbons (Fsp3) is 0.231. The highest BCUT2D eigenvalue weighted by Gasteiger charge is 2.20. The van der Waals surface area contributed by atoms with Gasteiger partial charge in [0.25, 0.3) is 11.8 Å². The number of nitrogens with zero attached hydrogens (tertiary/aromatic N) is 1. The largest absolute Gasteiger partial charge is 0.494 e. The van der Waals surface area contributed by atoms with E-state index in [9.17, 15) is 9.59 Å². The molecule has 0 aliphatic carbocycles. The zero-order chi connectivity index (χ0) is 22.1. The Balaban J connectivity index is 1.71. The summed E-state index contributed by atoms with van der Waals surface area (Å²) in [6, 6.07) is 24.2. The van der Waals surface area contributed by atoms with Crippen LogP contribution in [0.2, 0.25) is 0 Å². The Kier molecular flexibility index (Phi) is 7.82. The van der Waals surface area contributed by atoms with Crippen LogP contribution in [0.3, 0.4) is 0 Å². The van der Waals surface area contributed by atoms with Gasteiger partial charge in [-0.2, -0.15) is 0 Å². The molecule has 3 aromatic rings. The topological polar surface area (TPSA) is 58.6 Å². The van der Waals surface area contributed by atoms with Crippen LogP contribution < -0.4 is 15.0 Å². The zero-order valence-corrected chi connectivity index (χ0v) is 18.0. The van der Waals surface area contributed by atoms with Crippen molar-refractivity contribution in [2.24, 2.45) is 0 Å². The molecule has 0 saturated heterocycles. The van der Waals surface area contributed by atoms with Gasteiger partial charge in [0, 0.05) is 19.2 Å². The quantitative estimate of drug-likeness (QED) is 0.549. The predicted octanol–water partition coefficient (Wildman–Crippen LogP) is 4.72. The molecule has 0 heterocycles. The van der Waals surface area contributed by atoms with Crippen molar-refractivity contribution in [3.8, 4) is 5.75 Å². The minimum absolute atomic E-state index is 0.202. The van der Waals surface area contributed by atoms with Crippen LogP contribution in [0.1, 0.15) is 39.6 Å². The van der Waals surface area contributed by atoms with Gasteiger partial charge in [-0.25, -0.2) is 0 Å². The van der Waals surface area contributed by atoms with Crippen LogP contribution in [0.4, 0.5) is 5.69 Å². The normalized spacial score (nSPS) is 10.4. The summed E-state index contributed by atoms with van der Waals surface area (Å²) in [4.78, 5) is 27.4. The van der Waals surface area contributed by atoms with Crippen LogP contribution in [-0.4, -0.2) is 32.0 Å². The molecular weight excluding hydrogens is 388 g/mol. The number of carbonyl (C=O) groups is 2. The second-order valence-corrected chi connectivity index (χ2v) is 7.25. The van der Waals surface area contributed by atoms with Crippen LogP contribution in [0.15, 0.2) is 78.9 Å². The van der Waals surface area contributed by atoms with E-state index in [1.54, 1.807) is 43.4 Å². The first-order valence-electron chi connectivity index (χ1n) is 10.5. The summed E-state index contributed by atoms with van der Waals surface area (Å²) in [5, 5.41) is 2.96. The van der Waals surface area contributed by atoms with Gasteiger partial charge in [-0.15, -0.1) is 0 Å². The molecule has 31 heavy (non-hydrogen) atoms. The van der Waals surface area contributed by atoms with Gasteiger partial charge in [0.15, 0.2) is 0 Å². The molecule has 3 rings (SSSR count). The highest BCUT2D eigenvalue weighted by atomic mass is 16.5. The van der Waals surface area contributed by atoms with E-state index in [0.717, 1.165) is 18.4 Å². The Morgan fingerprint density at radius 1 is 0.935 bits per heavy atom. The fourth-order valence-electron chi connectivity index (χ4n) is 3.26. The number of anilines is 1. The third-order valence-electron chi connectivity index (χ3n) is 4.91. The summed E-state index contributed by atoms with van der Waals surface area (Å²) in [6.45, 7) is 3.15. The first-order chi connectivity index (χ1) is 15.1. The number of hydrogen-bond acceptors (Lipinski definition) is 3. The van der Waals surface area contributed by atoms with Crippen LogP contribution >= 0.6 is 0 Å². The summed E-state index contributed by atoms with van der Waals surface area (Å²) in [5.74, 6) is 0.255. The Morgan fingerprint density at radius 3 is 2.45 bits per heavy atom. The van der Waals surface area contributed by atoms with Gasteiger partial charge in [-0.1, -0.05) is 55.5 Å². The maximum Gasteiger partial charge on any atom is 0.258 e. The standard InChI is InChI=1S/C26H28N2O3/c1-3-18-31-22-13-9-12-21(19-22)26(30)28(2)24-15-8-7-14-23(24)25(29)27-17-16-20-10-5-4-6-11-20/h4-15,19H,3,16-18H2,1-2H3,(H,27,29). The van der Waals surface area contributed by atoms with Crippen molar-refractivity contribution in [3.63, 3.8) is 0 Å². The lowest BCUT2D eigenvalue weighted by molar-refractivity contribution is 0.0954. The SMILES string of the molecule is CCCOc1cccc(C(=O)N(C)c2ccccc2C(=O)NCCc2ccccc2)c1. The molecule has 160 valence electrons. The lowest BCUT2D eigenvalue weighted by atomic mass is 10.1. The van der Waals surface area contributed by atoms with E-state index < -0.39 is 0 Å². The van der Waals surface area contributed by atoms with E-state index in [0.29, 0.717) is 35.7 Å². The molecule has 0 unspecified atom stereocenters. The summed E-state index contributed by atoms with van der Waals surface area (Å²) in [7, 11) is 1.68. The average Bonchev–Trinajstić information content (AvgIpc) is 2.82. The van der Waals surface area contributed by atoms with Gasteiger partial charge in [-0.05, 0) is 48.7 Å². The van der Waals surface area contributed by atoms with Crippen molar-refractivity contribution in [2.75, 3.05) is 25.1 Å². The monoisotopic (exact) mass is 416 g/mol. The van der Waals surface area contributed by atoms with Gasteiger partial charge < -0.3 is 15.0 Å². The third kappa shape index (κ3) is 5.95. The molecule has 5 nitrogen and oxygen atoms in total. The smallest absolute Gasteiger partial charge is 0.258 e. The number of hydrogen-bond donors (Lipinski definition) is 1. The highest BCUT2D eigenvalue weighted by Crippen LogP contribution is 2.23. The van der Waals surface area contributed by atoms with Gasteiger partial charge in [0.1, 0.15) is 5.75 Å². The number of benzene rings is 3. The van der Waals surface area contributed by atoms with Crippen LogP contribution in [-0.2, 0) is 6.42 Å². The minimum Gasteiger partial charge on any atom is -0.494 e. The molecule has 0 fully saturated rings. The fourth-order valence-corrected chi connectivity index (χ4v) is 3.26. The second kappa shape index (κ2) is 11.0. The van der Waals surface area contributed by atoms with Crippen LogP contribution in [0.25, 0.3) is 0 Å². The molecule has 0 saturated carbocycles. The third-order valence-corrected chi connectivity index (χ3v) is 4.91. The highest BCUT2D eigenvalue weighted by molar-refractivity contribution is 6.10. The van der Waals surface area contributed by atoms with Gasteiger partial charge in [0.05, 0.1) is 17.9 Å². The maximum atomic E-state index is 13.1. The molecule has 3 aromatic carbocycles. The first-order valence-corrected chi connectivity index (χ1v) is 10.5. The summed E-state index contributed by atoms with van der Waals surface area (Å²) in [5.41, 5.74) is 2.69. The minimum atomic E-state index is -0.203.